The van der Waals surface area contributed by atoms with Crippen LogP contribution in [0, 0.1) is 46.3 Å². The van der Waals surface area contributed by atoms with Crippen molar-refractivity contribution in [2.45, 2.75) is 124 Å². The molecule has 2 aromatic rings. The monoisotopic (exact) mass is 582 g/mol. The van der Waals surface area contributed by atoms with E-state index in [4.69, 9.17) is 9.47 Å². The molecule has 9 atom stereocenters. The Morgan fingerprint density at radius 3 is 2.09 bits per heavy atom. The highest BCUT2D eigenvalue weighted by atomic mass is 16.5. The van der Waals surface area contributed by atoms with Crippen LogP contribution in [0.4, 0.5) is 0 Å². The molecule has 0 heterocycles. The highest BCUT2D eigenvalue weighted by molar-refractivity contribution is 5.28. The number of ether oxygens (including phenoxy) is 2. The van der Waals surface area contributed by atoms with Gasteiger partial charge in [0.1, 0.15) is 0 Å². The number of fused-ring (bicyclic) bond motifs is 5. The van der Waals surface area contributed by atoms with Gasteiger partial charge in [0.05, 0.1) is 25.4 Å². The van der Waals surface area contributed by atoms with Crippen LogP contribution < -0.4 is 0 Å². The van der Waals surface area contributed by atoms with Crippen molar-refractivity contribution in [1.29, 1.82) is 0 Å². The Balaban J connectivity index is 1.24. The fourth-order valence-electron chi connectivity index (χ4n) is 10.5. The average molecular weight is 583 g/mol. The van der Waals surface area contributed by atoms with Crippen LogP contribution in [0.3, 0.4) is 0 Å². The highest BCUT2D eigenvalue weighted by Gasteiger charge is 2.61. The van der Waals surface area contributed by atoms with Gasteiger partial charge in [0, 0.05) is 0 Å². The third-order valence-electron chi connectivity index (χ3n) is 12.9. The molecule has 0 saturated heterocycles. The summed E-state index contributed by atoms with van der Waals surface area (Å²) in [4.78, 5) is 0. The molecule has 0 bridgehead atoms. The molecule has 234 valence electrons. The Labute approximate surface area is 263 Å². The van der Waals surface area contributed by atoms with Crippen LogP contribution >= 0.6 is 0 Å². The van der Waals surface area contributed by atoms with Crippen LogP contribution in [-0.2, 0) is 22.7 Å². The number of benzene rings is 2. The molecule has 3 fully saturated rings. The van der Waals surface area contributed by atoms with Gasteiger partial charge >= 0.3 is 0 Å². The largest absolute Gasteiger partial charge is 0.373 e. The molecule has 3 saturated carbocycles. The first-order valence-corrected chi connectivity index (χ1v) is 17.8. The predicted molar refractivity (Wildman–Crippen MR) is 178 cm³/mol. The van der Waals surface area contributed by atoms with Gasteiger partial charge in [-0.25, -0.2) is 0 Å². The van der Waals surface area contributed by atoms with E-state index in [1.807, 2.05) is 0 Å². The molecular weight excluding hydrogens is 524 g/mol. The molecule has 2 aromatic carbocycles. The number of hydrogen-bond donors (Lipinski definition) is 0. The van der Waals surface area contributed by atoms with Gasteiger partial charge < -0.3 is 9.47 Å². The maximum absolute atomic E-state index is 7.02. The van der Waals surface area contributed by atoms with Crippen LogP contribution in [0.2, 0.25) is 0 Å². The van der Waals surface area contributed by atoms with E-state index in [-0.39, 0.29) is 11.5 Å². The SMILES string of the molecule is CC(C)CCC[C@H](C)[C@H]1CC[C@H]2[C@@H]3[C@@H](OCc4ccccc4)C=C4C[C@@H](OCc5ccccc5)CC[C@]4(C)[C@H]3CC[C@]12C. The van der Waals surface area contributed by atoms with E-state index in [0.29, 0.717) is 30.7 Å². The lowest BCUT2D eigenvalue weighted by Gasteiger charge is -2.60. The lowest BCUT2D eigenvalue weighted by Crippen LogP contribution is -2.55. The summed E-state index contributed by atoms with van der Waals surface area (Å²) >= 11 is 0. The molecule has 0 N–H and O–H groups in total. The van der Waals surface area contributed by atoms with Crippen LogP contribution in [0.15, 0.2) is 72.3 Å². The zero-order chi connectivity index (χ0) is 30.0. The summed E-state index contributed by atoms with van der Waals surface area (Å²) in [5, 5.41) is 0. The molecule has 4 aliphatic rings. The minimum absolute atomic E-state index is 0.209. The van der Waals surface area contributed by atoms with Crippen molar-refractivity contribution in [3.05, 3.63) is 83.4 Å². The van der Waals surface area contributed by atoms with Gasteiger partial charge in [0.25, 0.3) is 0 Å². The van der Waals surface area contributed by atoms with Gasteiger partial charge in [-0.05, 0) is 102 Å². The molecule has 0 radical (unpaired) electrons. The van der Waals surface area contributed by atoms with Crippen molar-refractivity contribution < 1.29 is 9.47 Å². The Hall–Kier alpha value is -1.90. The zero-order valence-corrected chi connectivity index (χ0v) is 27.8. The van der Waals surface area contributed by atoms with Gasteiger partial charge in [-0.1, -0.05) is 126 Å². The second-order valence-corrected chi connectivity index (χ2v) is 15.9. The molecule has 0 aliphatic heterocycles. The molecule has 2 nitrogen and oxygen atoms in total. The van der Waals surface area contributed by atoms with E-state index in [0.717, 1.165) is 36.0 Å². The third kappa shape index (κ3) is 6.44. The second kappa shape index (κ2) is 13.2. The summed E-state index contributed by atoms with van der Waals surface area (Å²) in [5.41, 5.74) is 4.94. The van der Waals surface area contributed by atoms with Crippen molar-refractivity contribution in [2.24, 2.45) is 46.3 Å². The summed E-state index contributed by atoms with van der Waals surface area (Å²) < 4.78 is 13.6. The quantitative estimate of drug-likeness (QED) is 0.245. The van der Waals surface area contributed by atoms with Crippen molar-refractivity contribution >= 4 is 0 Å². The van der Waals surface area contributed by atoms with Crippen LogP contribution in [0.1, 0.15) is 110 Å². The first-order chi connectivity index (χ1) is 20.8. The Bertz CT molecular complexity index is 1200. The Morgan fingerprint density at radius 2 is 1.42 bits per heavy atom. The van der Waals surface area contributed by atoms with E-state index in [2.05, 4.69) is 101 Å². The van der Waals surface area contributed by atoms with Gasteiger partial charge in [-0.2, -0.15) is 0 Å². The summed E-state index contributed by atoms with van der Waals surface area (Å²) in [6, 6.07) is 21.5. The Kier molecular flexibility index (Phi) is 9.56. The van der Waals surface area contributed by atoms with E-state index in [1.54, 1.807) is 5.57 Å². The maximum atomic E-state index is 7.02. The van der Waals surface area contributed by atoms with Crippen LogP contribution in [0.25, 0.3) is 0 Å². The third-order valence-corrected chi connectivity index (χ3v) is 12.9. The van der Waals surface area contributed by atoms with Gasteiger partial charge in [-0.15, -0.1) is 0 Å². The lowest BCUT2D eigenvalue weighted by atomic mass is 9.46. The molecule has 4 aliphatic carbocycles. The number of hydrogen-bond acceptors (Lipinski definition) is 2. The van der Waals surface area contributed by atoms with Gasteiger partial charge in [0.15, 0.2) is 0 Å². The average Bonchev–Trinajstić information content (AvgIpc) is 3.37. The van der Waals surface area contributed by atoms with E-state index in [1.165, 1.54) is 68.9 Å². The topological polar surface area (TPSA) is 18.5 Å². The number of rotatable bonds is 11. The molecule has 2 heteroatoms. The second-order valence-electron chi connectivity index (χ2n) is 15.9. The van der Waals surface area contributed by atoms with E-state index < -0.39 is 0 Å². The van der Waals surface area contributed by atoms with Crippen LogP contribution in [-0.4, -0.2) is 12.2 Å². The Morgan fingerprint density at radius 1 is 0.744 bits per heavy atom. The minimum Gasteiger partial charge on any atom is -0.373 e. The first-order valence-electron chi connectivity index (χ1n) is 17.8. The molecule has 0 unspecified atom stereocenters. The van der Waals surface area contributed by atoms with Crippen LogP contribution in [0.5, 0.6) is 0 Å². The minimum atomic E-state index is 0.209. The fraction of sp³-hybridized carbons (Fsp3) is 0.659. The summed E-state index contributed by atoms with van der Waals surface area (Å²) in [5.74, 6) is 4.63. The van der Waals surface area contributed by atoms with Crippen molar-refractivity contribution in [3.8, 4) is 0 Å². The smallest absolute Gasteiger partial charge is 0.0797 e. The maximum Gasteiger partial charge on any atom is 0.0797 e. The molecule has 0 aromatic heterocycles. The fourth-order valence-corrected chi connectivity index (χ4v) is 10.5. The standard InChI is InChI=1S/C41H58O2/c1-29(2)13-12-14-30(3)35-19-20-36-39-37(22-24-41(35,36)5)40(4)23-21-34(42-27-31-15-8-6-9-16-31)25-33(40)26-38(39)43-28-32-17-10-7-11-18-32/h6-11,15-18,26,29-30,34-39H,12-14,19-25,27-28H2,1-5H3/t30-,34-,35+,36-,37-,38-,39-,40-,41+/m0/s1. The molecule has 0 amide bonds. The van der Waals surface area contributed by atoms with Gasteiger partial charge in [-0.3, -0.25) is 0 Å². The predicted octanol–water partition coefficient (Wildman–Crippen LogP) is 10.8. The van der Waals surface area contributed by atoms with Gasteiger partial charge in [0.2, 0.25) is 0 Å². The summed E-state index contributed by atoms with van der Waals surface area (Å²) in [7, 11) is 0. The molecule has 6 rings (SSSR count). The van der Waals surface area contributed by atoms with E-state index in [9.17, 15) is 0 Å². The molecule has 43 heavy (non-hydrogen) atoms. The normalized spacial score (nSPS) is 36.0. The zero-order valence-electron chi connectivity index (χ0n) is 27.8. The lowest BCUT2D eigenvalue weighted by molar-refractivity contribution is -0.121. The first kappa shape index (κ1) is 31.1. The highest BCUT2D eigenvalue weighted by Crippen LogP contribution is 2.67. The summed E-state index contributed by atoms with van der Waals surface area (Å²) in [6.07, 6.45) is 16.4. The molecule has 0 spiro atoms. The van der Waals surface area contributed by atoms with E-state index >= 15 is 0 Å². The van der Waals surface area contributed by atoms with Crippen molar-refractivity contribution in [1.82, 2.24) is 0 Å². The molecular formula is C41H58O2. The van der Waals surface area contributed by atoms with Crippen molar-refractivity contribution in [2.75, 3.05) is 0 Å². The summed E-state index contributed by atoms with van der Waals surface area (Å²) in [6.45, 7) is 14.1. The van der Waals surface area contributed by atoms with Crippen molar-refractivity contribution in [3.63, 3.8) is 0 Å².